The van der Waals surface area contributed by atoms with Gasteiger partial charge in [-0.05, 0) is 35.7 Å². The van der Waals surface area contributed by atoms with Crippen molar-refractivity contribution in [3.05, 3.63) is 54.1 Å². The van der Waals surface area contributed by atoms with Gasteiger partial charge in [0, 0.05) is 18.8 Å². The van der Waals surface area contributed by atoms with Crippen LogP contribution in [-0.2, 0) is 14.3 Å². The number of nitrogens with zero attached hydrogens (tertiary/aromatic N) is 1. The number of carbonyl (C=O) groups is 2. The highest BCUT2D eigenvalue weighted by atomic mass is 16.5. The molecule has 6 heteroatoms. The monoisotopic (exact) mass is 367 g/mol. The largest absolute Gasteiger partial charge is 0.378 e. The van der Waals surface area contributed by atoms with Crippen molar-refractivity contribution in [3.63, 3.8) is 0 Å². The first kappa shape index (κ1) is 18.9. The molecule has 0 aromatic heterocycles. The zero-order valence-corrected chi connectivity index (χ0v) is 15.7. The van der Waals surface area contributed by atoms with Gasteiger partial charge in [0.1, 0.15) is 0 Å². The average Bonchev–Trinajstić information content (AvgIpc) is 2.69. The predicted molar refractivity (Wildman–Crippen MR) is 107 cm³/mol. The number of morpholine rings is 1. The smallest absolute Gasteiger partial charge is 0.314 e. The molecular formula is C21H25N3O3. The van der Waals surface area contributed by atoms with Gasteiger partial charge >= 0.3 is 11.8 Å². The third-order valence-electron chi connectivity index (χ3n) is 4.55. The van der Waals surface area contributed by atoms with Gasteiger partial charge in [0.2, 0.25) is 0 Å². The highest BCUT2D eigenvalue weighted by molar-refractivity contribution is 6.43. The van der Waals surface area contributed by atoms with Crippen molar-refractivity contribution in [2.75, 3.05) is 41.8 Å². The molecule has 2 aromatic rings. The molecule has 0 atom stereocenters. The first-order chi connectivity index (χ1) is 13.0. The number of hydrogen-bond donors (Lipinski definition) is 2. The molecule has 3 rings (SSSR count). The lowest BCUT2D eigenvalue weighted by Gasteiger charge is -2.30. The number of rotatable bonds is 4. The maximum Gasteiger partial charge on any atom is 0.314 e. The molecule has 0 radical (unpaired) electrons. The fourth-order valence-electron chi connectivity index (χ4n) is 2.98. The molecule has 1 aliphatic rings. The summed E-state index contributed by atoms with van der Waals surface area (Å²) in [6, 6.07) is 15.0. The number of anilines is 3. The standard InChI is InChI=1S/C21H25N3O3/c1-15(2)16-7-9-17(10-8-16)22-20(25)21(26)23-18-5-3-4-6-19(18)24-11-13-27-14-12-24/h3-10,15H,11-14H2,1-2H3,(H,22,25)(H,23,26). The van der Waals surface area contributed by atoms with Gasteiger partial charge in [-0.1, -0.05) is 38.1 Å². The van der Waals surface area contributed by atoms with Crippen LogP contribution in [0.25, 0.3) is 0 Å². The molecule has 0 spiro atoms. The van der Waals surface area contributed by atoms with Crippen LogP contribution in [0.4, 0.5) is 17.1 Å². The highest BCUT2D eigenvalue weighted by Gasteiger charge is 2.19. The van der Waals surface area contributed by atoms with Crippen molar-refractivity contribution in [2.45, 2.75) is 19.8 Å². The first-order valence-electron chi connectivity index (χ1n) is 9.18. The van der Waals surface area contributed by atoms with Crippen LogP contribution in [0.1, 0.15) is 25.3 Å². The SMILES string of the molecule is CC(C)c1ccc(NC(=O)C(=O)Nc2ccccc2N2CCOCC2)cc1. The molecule has 0 bridgehead atoms. The van der Waals surface area contributed by atoms with Crippen LogP contribution in [0.3, 0.4) is 0 Å². The van der Waals surface area contributed by atoms with Gasteiger partial charge < -0.3 is 20.3 Å². The van der Waals surface area contributed by atoms with Gasteiger partial charge in [0.05, 0.1) is 24.6 Å². The molecule has 1 saturated heterocycles. The summed E-state index contributed by atoms with van der Waals surface area (Å²) >= 11 is 0. The van der Waals surface area contributed by atoms with Gasteiger partial charge in [0.25, 0.3) is 0 Å². The average molecular weight is 367 g/mol. The van der Waals surface area contributed by atoms with Crippen molar-refractivity contribution in [2.24, 2.45) is 0 Å². The number of ether oxygens (including phenoxy) is 1. The maximum absolute atomic E-state index is 12.4. The number of para-hydroxylation sites is 2. The van der Waals surface area contributed by atoms with E-state index in [1.807, 2.05) is 42.5 Å². The summed E-state index contributed by atoms with van der Waals surface area (Å²) < 4.78 is 5.38. The van der Waals surface area contributed by atoms with Gasteiger partial charge in [-0.3, -0.25) is 9.59 Å². The second kappa shape index (κ2) is 8.68. The van der Waals surface area contributed by atoms with E-state index in [2.05, 4.69) is 29.4 Å². The van der Waals surface area contributed by atoms with Crippen LogP contribution in [0, 0.1) is 0 Å². The van der Waals surface area contributed by atoms with Crippen LogP contribution in [0.15, 0.2) is 48.5 Å². The second-order valence-corrected chi connectivity index (χ2v) is 6.80. The third-order valence-corrected chi connectivity index (χ3v) is 4.55. The Balaban J connectivity index is 1.65. The van der Waals surface area contributed by atoms with Crippen molar-refractivity contribution in [1.82, 2.24) is 0 Å². The van der Waals surface area contributed by atoms with Crippen LogP contribution >= 0.6 is 0 Å². The molecule has 2 aromatic carbocycles. The lowest BCUT2D eigenvalue weighted by molar-refractivity contribution is -0.132. The van der Waals surface area contributed by atoms with Crippen molar-refractivity contribution in [1.29, 1.82) is 0 Å². The molecule has 6 nitrogen and oxygen atoms in total. The Morgan fingerprint density at radius 3 is 2.22 bits per heavy atom. The summed E-state index contributed by atoms with van der Waals surface area (Å²) in [6.07, 6.45) is 0. The molecule has 1 aliphatic heterocycles. The van der Waals surface area contributed by atoms with E-state index in [0.717, 1.165) is 18.8 Å². The van der Waals surface area contributed by atoms with Crippen molar-refractivity contribution in [3.8, 4) is 0 Å². The summed E-state index contributed by atoms with van der Waals surface area (Å²) in [5.74, 6) is -0.970. The van der Waals surface area contributed by atoms with Crippen LogP contribution < -0.4 is 15.5 Å². The summed E-state index contributed by atoms with van der Waals surface area (Å²) in [5, 5.41) is 5.37. The zero-order chi connectivity index (χ0) is 19.2. The molecule has 27 heavy (non-hydrogen) atoms. The van der Waals surface area contributed by atoms with E-state index in [0.29, 0.717) is 30.5 Å². The van der Waals surface area contributed by atoms with E-state index in [-0.39, 0.29) is 0 Å². The number of amides is 2. The number of carbonyl (C=O) groups excluding carboxylic acids is 2. The summed E-state index contributed by atoms with van der Waals surface area (Å²) in [5.41, 5.74) is 3.29. The molecule has 0 saturated carbocycles. The normalized spacial score (nSPS) is 14.1. The number of hydrogen-bond acceptors (Lipinski definition) is 4. The van der Waals surface area contributed by atoms with Gasteiger partial charge in [0.15, 0.2) is 0 Å². The second-order valence-electron chi connectivity index (χ2n) is 6.80. The lowest BCUT2D eigenvalue weighted by Crippen LogP contribution is -2.37. The molecule has 0 aliphatic carbocycles. The minimum atomic E-state index is -0.691. The highest BCUT2D eigenvalue weighted by Crippen LogP contribution is 2.26. The Bertz CT molecular complexity index is 797. The Morgan fingerprint density at radius 2 is 1.56 bits per heavy atom. The molecule has 1 fully saturated rings. The van der Waals surface area contributed by atoms with E-state index in [4.69, 9.17) is 4.74 Å². The van der Waals surface area contributed by atoms with Crippen LogP contribution in [0.2, 0.25) is 0 Å². The van der Waals surface area contributed by atoms with Gasteiger partial charge in [-0.15, -0.1) is 0 Å². The van der Waals surface area contributed by atoms with E-state index in [9.17, 15) is 9.59 Å². The zero-order valence-electron chi connectivity index (χ0n) is 15.7. The Morgan fingerprint density at radius 1 is 0.926 bits per heavy atom. The third kappa shape index (κ3) is 4.86. The molecule has 2 N–H and O–H groups in total. The van der Waals surface area contributed by atoms with Crippen LogP contribution in [0.5, 0.6) is 0 Å². The number of nitrogens with one attached hydrogen (secondary N) is 2. The molecular weight excluding hydrogens is 342 g/mol. The Kier molecular flexibility index (Phi) is 6.08. The van der Waals surface area contributed by atoms with Gasteiger partial charge in [-0.2, -0.15) is 0 Å². The topological polar surface area (TPSA) is 70.7 Å². The Hall–Kier alpha value is -2.86. The molecule has 0 unspecified atom stereocenters. The molecule has 2 amide bonds. The van der Waals surface area contributed by atoms with Gasteiger partial charge in [-0.25, -0.2) is 0 Å². The van der Waals surface area contributed by atoms with E-state index >= 15 is 0 Å². The summed E-state index contributed by atoms with van der Waals surface area (Å²) in [7, 11) is 0. The van der Waals surface area contributed by atoms with Crippen LogP contribution in [-0.4, -0.2) is 38.1 Å². The van der Waals surface area contributed by atoms with E-state index in [1.54, 1.807) is 6.07 Å². The maximum atomic E-state index is 12.4. The molecule has 142 valence electrons. The van der Waals surface area contributed by atoms with Crippen molar-refractivity contribution >= 4 is 28.9 Å². The predicted octanol–water partition coefficient (Wildman–Crippen LogP) is 3.22. The number of benzene rings is 2. The first-order valence-corrected chi connectivity index (χ1v) is 9.18. The minimum absolute atomic E-state index is 0.412. The Labute approximate surface area is 159 Å². The molecule has 1 heterocycles. The van der Waals surface area contributed by atoms with E-state index < -0.39 is 11.8 Å². The fraction of sp³-hybridized carbons (Fsp3) is 0.333. The lowest BCUT2D eigenvalue weighted by atomic mass is 10.0. The van der Waals surface area contributed by atoms with Crippen molar-refractivity contribution < 1.29 is 14.3 Å². The quantitative estimate of drug-likeness (QED) is 0.814. The summed E-state index contributed by atoms with van der Waals surface area (Å²) in [4.78, 5) is 26.8. The minimum Gasteiger partial charge on any atom is -0.378 e. The van der Waals surface area contributed by atoms with E-state index in [1.165, 1.54) is 5.56 Å². The summed E-state index contributed by atoms with van der Waals surface area (Å²) in [6.45, 7) is 7.01. The fourth-order valence-corrected chi connectivity index (χ4v) is 2.98.